The minimum absolute atomic E-state index is 0.00782. The molecule has 0 atom stereocenters. The summed E-state index contributed by atoms with van der Waals surface area (Å²) >= 11 is 1.33. The lowest BCUT2D eigenvalue weighted by Gasteiger charge is -2.27. The molecule has 2 rings (SSSR count). The number of methoxy groups -OCH3 is 1. The van der Waals surface area contributed by atoms with Crippen LogP contribution in [0, 0.1) is 5.92 Å². The maximum atomic E-state index is 11.8. The number of esters is 1. The fourth-order valence-electron chi connectivity index (χ4n) is 2.22. The summed E-state index contributed by atoms with van der Waals surface area (Å²) in [6.07, 6.45) is 4.77. The first-order valence-corrected chi connectivity index (χ1v) is 6.86. The Balaban J connectivity index is 1.80. The minimum atomic E-state index is -0.137. The summed E-state index contributed by atoms with van der Waals surface area (Å²) in [6, 6.07) is 0.153. The number of nitrogens with one attached hydrogen (secondary N) is 1. The van der Waals surface area contributed by atoms with Gasteiger partial charge in [0.2, 0.25) is 0 Å². The minimum Gasteiger partial charge on any atom is -0.469 e. The van der Waals surface area contributed by atoms with E-state index in [-0.39, 0.29) is 23.8 Å². The Labute approximate surface area is 110 Å². The number of hydrogen-bond acceptors (Lipinski definition) is 5. The van der Waals surface area contributed by atoms with Crippen molar-refractivity contribution in [1.82, 2.24) is 10.3 Å². The second-order valence-corrected chi connectivity index (χ2v) is 5.30. The van der Waals surface area contributed by atoms with Crippen molar-refractivity contribution >= 4 is 23.2 Å². The van der Waals surface area contributed by atoms with Gasteiger partial charge in [0, 0.05) is 6.04 Å². The van der Waals surface area contributed by atoms with E-state index in [0.29, 0.717) is 4.88 Å². The van der Waals surface area contributed by atoms with Crippen LogP contribution in [0.3, 0.4) is 0 Å². The second-order valence-electron chi connectivity index (χ2n) is 4.41. The standard InChI is InChI=1S/C12H16N2O3S/c1-17-12(16)8-2-4-9(5-3-8)14-11(15)10-6-13-7-18-10/h6-9H,2-5H2,1H3,(H,14,15). The van der Waals surface area contributed by atoms with E-state index in [1.54, 1.807) is 11.7 Å². The van der Waals surface area contributed by atoms with Crippen LogP contribution in [0.4, 0.5) is 0 Å². The van der Waals surface area contributed by atoms with Crippen LogP contribution in [0.25, 0.3) is 0 Å². The van der Waals surface area contributed by atoms with Gasteiger partial charge in [0.15, 0.2) is 0 Å². The van der Waals surface area contributed by atoms with Gasteiger partial charge in [-0.2, -0.15) is 0 Å². The number of hydrogen-bond donors (Lipinski definition) is 1. The van der Waals surface area contributed by atoms with Gasteiger partial charge >= 0.3 is 5.97 Å². The first kappa shape index (κ1) is 13.0. The maximum Gasteiger partial charge on any atom is 0.308 e. The fourth-order valence-corrected chi connectivity index (χ4v) is 2.75. The van der Waals surface area contributed by atoms with E-state index in [1.165, 1.54) is 18.4 Å². The molecule has 1 fully saturated rings. The van der Waals surface area contributed by atoms with Gasteiger partial charge in [-0.25, -0.2) is 0 Å². The Hall–Kier alpha value is -1.43. The maximum absolute atomic E-state index is 11.8. The lowest BCUT2D eigenvalue weighted by atomic mass is 9.86. The predicted molar refractivity (Wildman–Crippen MR) is 67.3 cm³/mol. The van der Waals surface area contributed by atoms with E-state index >= 15 is 0 Å². The Morgan fingerprint density at radius 1 is 1.39 bits per heavy atom. The summed E-state index contributed by atoms with van der Waals surface area (Å²) in [5.41, 5.74) is 1.64. The van der Waals surface area contributed by atoms with E-state index in [2.05, 4.69) is 10.3 Å². The van der Waals surface area contributed by atoms with Crippen molar-refractivity contribution in [2.45, 2.75) is 31.7 Å². The molecule has 0 spiro atoms. The first-order chi connectivity index (χ1) is 8.70. The van der Waals surface area contributed by atoms with E-state index < -0.39 is 0 Å². The molecule has 18 heavy (non-hydrogen) atoms. The van der Waals surface area contributed by atoms with Crippen LogP contribution < -0.4 is 5.32 Å². The highest BCUT2D eigenvalue weighted by Crippen LogP contribution is 2.25. The first-order valence-electron chi connectivity index (χ1n) is 5.98. The van der Waals surface area contributed by atoms with Gasteiger partial charge in [-0.05, 0) is 25.7 Å². The predicted octanol–water partition coefficient (Wildman–Crippen LogP) is 1.60. The Morgan fingerprint density at radius 3 is 2.67 bits per heavy atom. The van der Waals surface area contributed by atoms with Crippen molar-refractivity contribution in [3.05, 3.63) is 16.6 Å². The molecule has 0 saturated heterocycles. The Morgan fingerprint density at radius 2 is 2.11 bits per heavy atom. The van der Waals surface area contributed by atoms with Gasteiger partial charge in [-0.15, -0.1) is 11.3 Å². The zero-order chi connectivity index (χ0) is 13.0. The number of aromatic nitrogens is 1. The molecule has 1 aromatic rings. The number of ether oxygens (including phenoxy) is 1. The molecule has 6 heteroatoms. The summed E-state index contributed by atoms with van der Waals surface area (Å²) in [5, 5.41) is 2.98. The van der Waals surface area contributed by atoms with Crippen LogP contribution in [0.1, 0.15) is 35.4 Å². The highest BCUT2D eigenvalue weighted by atomic mass is 32.1. The fraction of sp³-hybridized carbons (Fsp3) is 0.583. The van der Waals surface area contributed by atoms with Crippen molar-refractivity contribution < 1.29 is 14.3 Å². The summed E-state index contributed by atoms with van der Waals surface area (Å²) in [5.74, 6) is -0.215. The van der Waals surface area contributed by atoms with E-state index in [0.717, 1.165) is 25.7 Å². The Kier molecular flexibility index (Phi) is 4.30. The molecule has 0 radical (unpaired) electrons. The SMILES string of the molecule is COC(=O)C1CCC(NC(=O)c2cncs2)CC1. The number of carbonyl (C=O) groups excluding carboxylic acids is 2. The molecule has 98 valence electrons. The molecule has 0 aromatic carbocycles. The highest BCUT2D eigenvalue weighted by Gasteiger charge is 2.27. The normalized spacial score (nSPS) is 23.4. The summed E-state index contributed by atoms with van der Waals surface area (Å²) in [4.78, 5) is 27.7. The summed E-state index contributed by atoms with van der Waals surface area (Å²) < 4.78 is 4.73. The molecule has 1 aromatic heterocycles. The third-order valence-electron chi connectivity index (χ3n) is 3.25. The van der Waals surface area contributed by atoms with Crippen molar-refractivity contribution in [3.63, 3.8) is 0 Å². The largest absolute Gasteiger partial charge is 0.469 e. The summed E-state index contributed by atoms with van der Waals surface area (Å²) in [6.45, 7) is 0. The number of carbonyl (C=O) groups is 2. The van der Waals surface area contributed by atoms with Crippen LogP contribution in [0.15, 0.2) is 11.7 Å². The Bertz CT molecular complexity index is 411. The number of thiazole rings is 1. The average Bonchev–Trinajstić information content (AvgIpc) is 2.92. The molecule has 1 N–H and O–H groups in total. The highest BCUT2D eigenvalue weighted by molar-refractivity contribution is 7.11. The van der Waals surface area contributed by atoms with E-state index in [4.69, 9.17) is 4.74 Å². The monoisotopic (exact) mass is 268 g/mol. The number of rotatable bonds is 3. The summed E-state index contributed by atoms with van der Waals surface area (Å²) in [7, 11) is 1.42. The van der Waals surface area contributed by atoms with Crippen molar-refractivity contribution in [2.24, 2.45) is 5.92 Å². The lowest BCUT2D eigenvalue weighted by molar-refractivity contribution is -0.146. The third kappa shape index (κ3) is 3.07. The van der Waals surface area contributed by atoms with Crippen LogP contribution in [-0.2, 0) is 9.53 Å². The quantitative estimate of drug-likeness (QED) is 0.846. The van der Waals surface area contributed by atoms with Gasteiger partial charge in [-0.3, -0.25) is 14.6 Å². The topological polar surface area (TPSA) is 68.3 Å². The van der Waals surface area contributed by atoms with Gasteiger partial charge < -0.3 is 10.1 Å². The third-order valence-corrected chi connectivity index (χ3v) is 4.02. The molecular weight excluding hydrogens is 252 g/mol. The van der Waals surface area contributed by atoms with Crippen molar-refractivity contribution in [3.8, 4) is 0 Å². The van der Waals surface area contributed by atoms with Crippen LogP contribution in [-0.4, -0.2) is 30.0 Å². The van der Waals surface area contributed by atoms with Crippen molar-refractivity contribution in [2.75, 3.05) is 7.11 Å². The number of nitrogens with zero attached hydrogens (tertiary/aromatic N) is 1. The van der Waals surface area contributed by atoms with Gasteiger partial charge in [-0.1, -0.05) is 0 Å². The van der Waals surface area contributed by atoms with Gasteiger partial charge in [0.1, 0.15) is 4.88 Å². The van der Waals surface area contributed by atoms with Crippen LogP contribution >= 0.6 is 11.3 Å². The smallest absolute Gasteiger partial charge is 0.308 e. The molecule has 0 unspecified atom stereocenters. The van der Waals surface area contributed by atoms with E-state index in [9.17, 15) is 9.59 Å². The molecular formula is C12H16N2O3S. The molecule has 1 aliphatic carbocycles. The van der Waals surface area contributed by atoms with Crippen molar-refractivity contribution in [1.29, 1.82) is 0 Å². The second kappa shape index (κ2) is 5.95. The number of amides is 1. The molecule has 1 saturated carbocycles. The van der Waals surface area contributed by atoms with Gasteiger partial charge in [0.05, 0.1) is 24.7 Å². The molecule has 1 heterocycles. The van der Waals surface area contributed by atoms with E-state index in [1.807, 2.05) is 0 Å². The lowest BCUT2D eigenvalue weighted by Crippen LogP contribution is -2.38. The average molecular weight is 268 g/mol. The molecule has 1 aliphatic rings. The molecule has 5 nitrogen and oxygen atoms in total. The molecule has 0 aliphatic heterocycles. The van der Waals surface area contributed by atoms with Gasteiger partial charge in [0.25, 0.3) is 5.91 Å². The zero-order valence-corrected chi connectivity index (χ0v) is 11.0. The van der Waals surface area contributed by atoms with Crippen LogP contribution in [0.2, 0.25) is 0 Å². The molecule has 0 bridgehead atoms. The van der Waals surface area contributed by atoms with Crippen LogP contribution in [0.5, 0.6) is 0 Å². The zero-order valence-electron chi connectivity index (χ0n) is 10.2. The molecule has 1 amide bonds.